The topological polar surface area (TPSA) is 50.8 Å². The first-order valence-corrected chi connectivity index (χ1v) is 8.72. The largest absolute Gasteiger partial charge is 0.484 e. The molecule has 0 bridgehead atoms. The molecule has 0 saturated carbocycles. The van der Waals surface area contributed by atoms with E-state index in [4.69, 9.17) is 9.47 Å². The van der Waals surface area contributed by atoms with E-state index in [1.165, 1.54) is 29.8 Å². The normalized spacial score (nSPS) is 17.7. The summed E-state index contributed by atoms with van der Waals surface area (Å²) in [5, 5.41) is 2.83. The van der Waals surface area contributed by atoms with Gasteiger partial charge in [0, 0.05) is 26.2 Å². The maximum absolute atomic E-state index is 12.8. The first-order valence-electron chi connectivity index (χ1n) is 8.72. The lowest BCUT2D eigenvalue weighted by molar-refractivity contribution is -0.124. The van der Waals surface area contributed by atoms with Gasteiger partial charge in [0.1, 0.15) is 11.6 Å². The summed E-state index contributed by atoms with van der Waals surface area (Å²) in [5.74, 6) is -0.0982. The molecule has 26 heavy (non-hydrogen) atoms. The summed E-state index contributed by atoms with van der Waals surface area (Å²) in [6, 6.07) is 15.9. The maximum atomic E-state index is 12.8. The van der Waals surface area contributed by atoms with Gasteiger partial charge in [-0.15, -0.1) is 0 Å². The summed E-state index contributed by atoms with van der Waals surface area (Å²) < 4.78 is 23.9. The highest BCUT2D eigenvalue weighted by molar-refractivity contribution is 5.77. The second-order valence-corrected chi connectivity index (χ2v) is 6.26. The fraction of sp³-hybridized carbons (Fsp3) is 0.350. The quantitative estimate of drug-likeness (QED) is 0.825. The number of rotatable bonds is 7. The van der Waals surface area contributed by atoms with E-state index in [0.29, 0.717) is 18.9 Å². The average Bonchev–Trinajstić information content (AvgIpc) is 2.67. The molecule has 0 radical (unpaired) electrons. The Morgan fingerprint density at radius 2 is 1.96 bits per heavy atom. The third kappa shape index (κ3) is 5.82. The molecule has 0 aliphatic carbocycles. The van der Waals surface area contributed by atoms with Crippen molar-refractivity contribution in [2.24, 2.45) is 0 Å². The van der Waals surface area contributed by atoms with Crippen LogP contribution in [0, 0.1) is 5.82 Å². The Labute approximate surface area is 152 Å². The monoisotopic (exact) mass is 358 g/mol. The van der Waals surface area contributed by atoms with Crippen LogP contribution in [0.25, 0.3) is 0 Å². The molecule has 1 atom stereocenters. The number of nitrogens with one attached hydrogen (secondary N) is 1. The number of carbonyl (C=O) groups is 1. The maximum Gasteiger partial charge on any atom is 0.258 e. The molecule has 1 heterocycles. The Morgan fingerprint density at radius 1 is 1.19 bits per heavy atom. The van der Waals surface area contributed by atoms with Crippen LogP contribution >= 0.6 is 0 Å². The molecule has 2 aromatic carbocycles. The summed E-state index contributed by atoms with van der Waals surface area (Å²) in [5.41, 5.74) is 1.27. The van der Waals surface area contributed by atoms with Gasteiger partial charge in [-0.05, 0) is 29.8 Å². The van der Waals surface area contributed by atoms with Crippen LogP contribution in [0.1, 0.15) is 5.56 Å². The fourth-order valence-corrected chi connectivity index (χ4v) is 2.85. The van der Waals surface area contributed by atoms with Gasteiger partial charge in [-0.25, -0.2) is 4.39 Å². The number of nitrogens with zero attached hydrogens (tertiary/aromatic N) is 1. The summed E-state index contributed by atoms with van der Waals surface area (Å²) >= 11 is 0. The summed E-state index contributed by atoms with van der Waals surface area (Å²) in [6.07, 6.45) is -0.0396. The first-order chi connectivity index (χ1) is 12.7. The lowest BCUT2D eigenvalue weighted by atomic mass is 10.2. The van der Waals surface area contributed by atoms with Crippen LogP contribution in [0.5, 0.6) is 5.75 Å². The Balaban J connectivity index is 1.38. The number of benzene rings is 2. The van der Waals surface area contributed by atoms with Gasteiger partial charge in [0.15, 0.2) is 6.61 Å². The average molecular weight is 358 g/mol. The lowest BCUT2D eigenvalue weighted by Crippen LogP contribution is -2.47. The number of morpholine rings is 1. The summed E-state index contributed by atoms with van der Waals surface area (Å²) in [6.45, 7) is 3.52. The predicted octanol–water partition coefficient (Wildman–Crippen LogP) is 2.22. The fourth-order valence-electron chi connectivity index (χ4n) is 2.85. The highest BCUT2D eigenvalue weighted by atomic mass is 19.1. The number of carbonyl (C=O) groups excluding carboxylic acids is 1. The molecule has 1 N–H and O–H groups in total. The van der Waals surface area contributed by atoms with Crippen molar-refractivity contribution >= 4 is 5.91 Å². The number of hydrogen-bond acceptors (Lipinski definition) is 4. The molecule has 1 aliphatic rings. The molecule has 1 saturated heterocycles. The van der Waals surface area contributed by atoms with E-state index in [-0.39, 0.29) is 24.4 Å². The van der Waals surface area contributed by atoms with E-state index in [0.717, 1.165) is 19.6 Å². The third-order valence-electron chi connectivity index (χ3n) is 4.18. The Kier molecular flexibility index (Phi) is 6.57. The van der Waals surface area contributed by atoms with E-state index in [1.54, 1.807) is 0 Å². The van der Waals surface area contributed by atoms with Gasteiger partial charge in [-0.3, -0.25) is 9.69 Å². The molecule has 1 amide bonds. The van der Waals surface area contributed by atoms with Crippen molar-refractivity contribution in [3.8, 4) is 5.75 Å². The van der Waals surface area contributed by atoms with Crippen molar-refractivity contribution in [3.05, 3.63) is 66.0 Å². The van der Waals surface area contributed by atoms with E-state index in [1.807, 2.05) is 18.2 Å². The SMILES string of the molecule is O=C(COc1ccc(F)cc1)NCC1CN(Cc2ccccc2)CCO1. The van der Waals surface area contributed by atoms with Gasteiger partial charge < -0.3 is 14.8 Å². The Hall–Kier alpha value is -2.44. The smallest absolute Gasteiger partial charge is 0.258 e. The number of hydrogen-bond donors (Lipinski definition) is 1. The van der Waals surface area contributed by atoms with Crippen molar-refractivity contribution in [3.63, 3.8) is 0 Å². The van der Waals surface area contributed by atoms with Crippen LogP contribution in [-0.2, 0) is 16.1 Å². The van der Waals surface area contributed by atoms with Crippen molar-refractivity contribution < 1.29 is 18.7 Å². The van der Waals surface area contributed by atoms with Gasteiger partial charge >= 0.3 is 0 Å². The molecule has 2 aromatic rings. The standard InChI is InChI=1S/C20H23FN2O3/c21-17-6-8-18(9-7-17)26-15-20(24)22-12-19-14-23(10-11-25-19)13-16-4-2-1-3-5-16/h1-9,19H,10-15H2,(H,22,24). The van der Waals surface area contributed by atoms with Crippen molar-refractivity contribution in [2.45, 2.75) is 12.6 Å². The predicted molar refractivity (Wildman–Crippen MR) is 96.4 cm³/mol. The lowest BCUT2D eigenvalue weighted by Gasteiger charge is -2.33. The molecule has 0 aromatic heterocycles. The zero-order valence-corrected chi connectivity index (χ0v) is 14.6. The minimum atomic E-state index is -0.337. The molecule has 5 nitrogen and oxygen atoms in total. The molecule has 1 unspecified atom stereocenters. The number of ether oxygens (including phenoxy) is 2. The molecular formula is C20H23FN2O3. The molecule has 6 heteroatoms. The van der Waals surface area contributed by atoms with Crippen molar-refractivity contribution in [2.75, 3.05) is 32.8 Å². The molecule has 1 aliphatic heterocycles. The van der Waals surface area contributed by atoms with Crippen LogP contribution in [0.15, 0.2) is 54.6 Å². The second-order valence-electron chi connectivity index (χ2n) is 6.26. The first kappa shape index (κ1) is 18.4. The molecule has 138 valence electrons. The summed E-state index contributed by atoms with van der Waals surface area (Å²) in [4.78, 5) is 14.2. The molecular weight excluding hydrogens is 335 g/mol. The third-order valence-corrected chi connectivity index (χ3v) is 4.18. The van der Waals surface area contributed by atoms with Gasteiger partial charge in [-0.1, -0.05) is 30.3 Å². The van der Waals surface area contributed by atoms with Crippen LogP contribution < -0.4 is 10.1 Å². The van der Waals surface area contributed by atoms with Crippen LogP contribution in [0.3, 0.4) is 0 Å². The zero-order valence-electron chi connectivity index (χ0n) is 14.6. The number of halogens is 1. The molecule has 0 spiro atoms. The van der Waals surface area contributed by atoms with E-state index in [9.17, 15) is 9.18 Å². The van der Waals surface area contributed by atoms with Crippen molar-refractivity contribution in [1.82, 2.24) is 10.2 Å². The molecule has 3 rings (SSSR count). The second kappa shape index (κ2) is 9.31. The number of amides is 1. The van der Waals surface area contributed by atoms with Crippen LogP contribution in [0.4, 0.5) is 4.39 Å². The van der Waals surface area contributed by atoms with Gasteiger partial charge in [0.2, 0.25) is 0 Å². The minimum absolute atomic E-state index is 0.0396. The van der Waals surface area contributed by atoms with Crippen molar-refractivity contribution in [1.29, 1.82) is 0 Å². The van der Waals surface area contributed by atoms with Gasteiger partial charge in [0.25, 0.3) is 5.91 Å². The van der Waals surface area contributed by atoms with Gasteiger partial charge in [0.05, 0.1) is 12.7 Å². The van der Waals surface area contributed by atoms with Gasteiger partial charge in [-0.2, -0.15) is 0 Å². The zero-order chi connectivity index (χ0) is 18.2. The van der Waals surface area contributed by atoms with E-state index >= 15 is 0 Å². The van der Waals surface area contributed by atoms with E-state index < -0.39 is 0 Å². The highest BCUT2D eigenvalue weighted by Gasteiger charge is 2.21. The minimum Gasteiger partial charge on any atom is -0.484 e. The summed E-state index contributed by atoms with van der Waals surface area (Å²) in [7, 11) is 0. The Bertz CT molecular complexity index is 694. The highest BCUT2D eigenvalue weighted by Crippen LogP contribution is 2.11. The Morgan fingerprint density at radius 3 is 2.73 bits per heavy atom. The van der Waals surface area contributed by atoms with E-state index in [2.05, 4.69) is 22.3 Å². The van der Waals surface area contributed by atoms with Crippen LogP contribution in [0.2, 0.25) is 0 Å². The van der Waals surface area contributed by atoms with Crippen LogP contribution in [-0.4, -0.2) is 49.8 Å². The molecule has 1 fully saturated rings.